The number of thiophene rings is 1. The Morgan fingerprint density at radius 2 is 2.10 bits per heavy atom. The van der Waals surface area contributed by atoms with Gasteiger partial charge in [0, 0.05) is 40.9 Å². The van der Waals surface area contributed by atoms with Gasteiger partial charge in [-0.15, -0.1) is 11.3 Å². The number of nitrogens with one attached hydrogen (secondary N) is 1. The molecule has 1 aliphatic heterocycles. The fourth-order valence-electron chi connectivity index (χ4n) is 3.80. The predicted molar refractivity (Wildman–Crippen MR) is 118 cm³/mol. The van der Waals surface area contributed by atoms with Crippen molar-refractivity contribution in [1.82, 2.24) is 4.90 Å². The van der Waals surface area contributed by atoms with Crippen LogP contribution >= 0.6 is 11.3 Å². The Labute approximate surface area is 179 Å². The maximum absolute atomic E-state index is 14.0. The van der Waals surface area contributed by atoms with Crippen LogP contribution in [0.5, 0.6) is 0 Å². The summed E-state index contributed by atoms with van der Waals surface area (Å²) in [7, 11) is 0. The molecule has 1 aromatic heterocycles. The largest absolute Gasteiger partial charge is 0.397 e. The minimum absolute atomic E-state index is 0.00207. The normalized spacial score (nSPS) is 17.2. The average molecular weight is 430 g/mol. The Kier molecular flexibility index (Phi) is 6.22. The van der Waals surface area contributed by atoms with Crippen LogP contribution in [-0.4, -0.2) is 29.5 Å². The molecule has 2 heterocycles. The third kappa shape index (κ3) is 4.07. The second-order valence-corrected chi connectivity index (χ2v) is 8.59. The van der Waals surface area contributed by atoms with Crippen molar-refractivity contribution in [2.75, 3.05) is 6.54 Å². The lowest BCUT2D eigenvalue weighted by Gasteiger charge is -2.33. The number of halogens is 2. The lowest BCUT2D eigenvalue weighted by Crippen LogP contribution is -2.37. The number of nitrogens with zero attached hydrogens (tertiary/aromatic N) is 1. The highest BCUT2D eigenvalue weighted by Gasteiger charge is 2.33. The first-order valence-corrected chi connectivity index (χ1v) is 10.5. The molecule has 1 aliphatic rings. The number of carbonyl (C=O) groups excluding carboxylic acids is 1. The SMILES string of the molecule is C=CC(=O)N1Cc2sc(CC)cc2C(c2ccccc2C(C=N)=C(N)C(C)(F)F)C1. The number of nitrogens with two attached hydrogens (primary N) is 1. The van der Waals surface area contributed by atoms with Gasteiger partial charge in [-0.25, -0.2) is 8.78 Å². The number of aryl methyl sites for hydroxylation is 1. The van der Waals surface area contributed by atoms with Crippen molar-refractivity contribution in [2.45, 2.75) is 38.7 Å². The van der Waals surface area contributed by atoms with Crippen molar-refractivity contribution in [3.05, 3.63) is 75.1 Å². The number of benzene rings is 1. The lowest BCUT2D eigenvalue weighted by molar-refractivity contribution is -0.127. The topological polar surface area (TPSA) is 70.2 Å². The Balaban J connectivity index is 2.20. The van der Waals surface area contributed by atoms with Crippen LogP contribution in [0.2, 0.25) is 0 Å². The third-order valence-electron chi connectivity index (χ3n) is 5.37. The molecule has 1 unspecified atom stereocenters. The molecule has 7 heteroatoms. The van der Waals surface area contributed by atoms with E-state index in [2.05, 4.69) is 19.6 Å². The summed E-state index contributed by atoms with van der Waals surface area (Å²) in [6.45, 7) is 7.31. The highest BCUT2D eigenvalue weighted by molar-refractivity contribution is 7.12. The molecule has 1 amide bonds. The molecule has 0 aliphatic carbocycles. The number of rotatable bonds is 6. The zero-order valence-electron chi connectivity index (χ0n) is 17.0. The summed E-state index contributed by atoms with van der Waals surface area (Å²) >= 11 is 1.67. The van der Waals surface area contributed by atoms with Gasteiger partial charge in [0.05, 0.1) is 12.2 Å². The van der Waals surface area contributed by atoms with Crippen LogP contribution in [0.4, 0.5) is 8.78 Å². The van der Waals surface area contributed by atoms with E-state index in [-0.39, 0.29) is 17.4 Å². The highest BCUT2D eigenvalue weighted by atomic mass is 32.1. The zero-order valence-corrected chi connectivity index (χ0v) is 17.9. The number of amides is 1. The molecule has 0 radical (unpaired) electrons. The molecule has 0 saturated carbocycles. The van der Waals surface area contributed by atoms with Gasteiger partial charge < -0.3 is 16.0 Å². The van der Waals surface area contributed by atoms with E-state index < -0.39 is 11.6 Å². The summed E-state index contributed by atoms with van der Waals surface area (Å²) in [6, 6.07) is 9.28. The van der Waals surface area contributed by atoms with Gasteiger partial charge >= 0.3 is 0 Å². The fraction of sp³-hybridized carbons (Fsp3) is 0.304. The quantitative estimate of drug-likeness (QED) is 0.504. The Morgan fingerprint density at radius 1 is 1.40 bits per heavy atom. The Hall–Kier alpha value is -2.80. The van der Waals surface area contributed by atoms with Gasteiger partial charge in [0.1, 0.15) is 0 Å². The highest BCUT2D eigenvalue weighted by Crippen LogP contribution is 2.41. The minimum Gasteiger partial charge on any atom is -0.397 e. The van der Waals surface area contributed by atoms with Crippen LogP contribution in [0.3, 0.4) is 0 Å². The van der Waals surface area contributed by atoms with Gasteiger partial charge in [-0.3, -0.25) is 4.79 Å². The summed E-state index contributed by atoms with van der Waals surface area (Å²) in [5.41, 5.74) is 7.47. The van der Waals surface area contributed by atoms with Crippen LogP contribution in [0.15, 0.2) is 48.7 Å². The van der Waals surface area contributed by atoms with Gasteiger partial charge in [-0.1, -0.05) is 37.8 Å². The van der Waals surface area contributed by atoms with E-state index in [1.165, 1.54) is 11.0 Å². The van der Waals surface area contributed by atoms with Crippen LogP contribution in [-0.2, 0) is 17.8 Å². The first-order valence-electron chi connectivity index (χ1n) is 9.71. The first-order chi connectivity index (χ1) is 14.2. The van der Waals surface area contributed by atoms with Gasteiger partial charge in [-0.05, 0) is 35.3 Å². The Bertz CT molecular complexity index is 1020. The molecule has 1 aromatic carbocycles. The van der Waals surface area contributed by atoms with E-state index in [0.717, 1.165) is 35.6 Å². The molecular weight excluding hydrogens is 404 g/mol. The van der Waals surface area contributed by atoms with E-state index in [0.29, 0.717) is 18.7 Å². The van der Waals surface area contributed by atoms with E-state index in [1.54, 1.807) is 28.4 Å². The molecular formula is C23H25F2N3OS. The van der Waals surface area contributed by atoms with Crippen LogP contribution in [0.25, 0.3) is 5.57 Å². The van der Waals surface area contributed by atoms with Crippen LogP contribution in [0.1, 0.15) is 46.2 Å². The zero-order chi connectivity index (χ0) is 22.1. The summed E-state index contributed by atoms with van der Waals surface area (Å²) < 4.78 is 27.9. The number of hydrogen-bond acceptors (Lipinski definition) is 4. The minimum atomic E-state index is -3.25. The number of hydrogen-bond donors (Lipinski definition) is 2. The molecule has 3 rings (SSSR count). The standard InChI is InChI=1S/C23H25F2N3OS/c1-4-14-10-17-19(12-28(21(29)5-2)13-20(17)30-14)16-9-7-6-8-15(16)18(11-26)22(27)23(3,24)25/h5-11,19,26H,2,4,12-13,27H2,1,3H3. The number of carbonyl (C=O) groups is 1. The van der Waals surface area contributed by atoms with Gasteiger partial charge in [0.15, 0.2) is 0 Å². The maximum atomic E-state index is 14.0. The summed E-state index contributed by atoms with van der Waals surface area (Å²) in [5, 5.41) is 7.76. The number of fused-ring (bicyclic) bond motifs is 1. The van der Waals surface area contributed by atoms with E-state index in [9.17, 15) is 13.6 Å². The molecule has 30 heavy (non-hydrogen) atoms. The van der Waals surface area contributed by atoms with Gasteiger partial charge in [0.2, 0.25) is 5.91 Å². The average Bonchev–Trinajstić information content (AvgIpc) is 3.16. The van der Waals surface area contributed by atoms with Crippen molar-refractivity contribution in [2.24, 2.45) is 5.73 Å². The van der Waals surface area contributed by atoms with Crippen molar-refractivity contribution < 1.29 is 13.6 Å². The van der Waals surface area contributed by atoms with E-state index in [4.69, 9.17) is 11.1 Å². The third-order valence-corrected chi connectivity index (χ3v) is 6.65. The fourth-order valence-corrected chi connectivity index (χ4v) is 4.98. The summed E-state index contributed by atoms with van der Waals surface area (Å²) in [5.74, 6) is -3.63. The van der Waals surface area contributed by atoms with Crippen LogP contribution < -0.4 is 5.73 Å². The van der Waals surface area contributed by atoms with Crippen LogP contribution in [0, 0.1) is 5.41 Å². The second kappa shape index (κ2) is 8.52. The molecule has 0 fully saturated rings. The molecule has 3 N–H and O–H groups in total. The molecule has 158 valence electrons. The first kappa shape index (κ1) is 21.9. The van der Waals surface area contributed by atoms with Gasteiger partial charge in [0.25, 0.3) is 5.92 Å². The summed E-state index contributed by atoms with van der Waals surface area (Å²) in [4.78, 5) is 16.4. The second-order valence-electron chi connectivity index (χ2n) is 7.37. The van der Waals surface area contributed by atoms with E-state index >= 15 is 0 Å². The number of alkyl halides is 2. The van der Waals surface area contributed by atoms with E-state index in [1.807, 2.05) is 12.1 Å². The van der Waals surface area contributed by atoms with Crippen molar-refractivity contribution in [3.8, 4) is 0 Å². The maximum Gasteiger partial charge on any atom is 0.285 e. The molecule has 0 saturated heterocycles. The molecule has 0 bridgehead atoms. The lowest BCUT2D eigenvalue weighted by atomic mass is 9.83. The molecule has 1 atom stereocenters. The predicted octanol–water partition coefficient (Wildman–Crippen LogP) is 4.95. The number of allylic oxidation sites excluding steroid dienone is 2. The molecule has 0 spiro atoms. The monoisotopic (exact) mass is 429 g/mol. The van der Waals surface area contributed by atoms with Crippen molar-refractivity contribution >= 4 is 29.0 Å². The van der Waals surface area contributed by atoms with Gasteiger partial charge in [-0.2, -0.15) is 0 Å². The molecule has 4 nitrogen and oxygen atoms in total. The smallest absolute Gasteiger partial charge is 0.285 e. The van der Waals surface area contributed by atoms with Crippen molar-refractivity contribution in [1.29, 1.82) is 5.41 Å². The summed E-state index contributed by atoms with van der Waals surface area (Å²) in [6.07, 6.45) is 3.05. The molecule has 2 aromatic rings. The Morgan fingerprint density at radius 3 is 2.70 bits per heavy atom. The van der Waals surface area contributed by atoms with Crippen molar-refractivity contribution in [3.63, 3.8) is 0 Å².